The lowest BCUT2D eigenvalue weighted by Gasteiger charge is -2.34. The van der Waals surface area contributed by atoms with Gasteiger partial charge >= 0.3 is 6.18 Å². The molecule has 9 heteroatoms. The Morgan fingerprint density at radius 2 is 1.88 bits per heavy atom. The second-order valence-corrected chi connectivity index (χ2v) is 7.76. The summed E-state index contributed by atoms with van der Waals surface area (Å²) in [6, 6.07) is 13.7. The number of ether oxygens (including phenoxy) is 1. The summed E-state index contributed by atoms with van der Waals surface area (Å²) in [5.74, 6) is 0.281. The van der Waals surface area contributed by atoms with Crippen LogP contribution in [0.4, 0.5) is 19.0 Å². The van der Waals surface area contributed by atoms with Gasteiger partial charge in [-0.1, -0.05) is 42.5 Å². The summed E-state index contributed by atoms with van der Waals surface area (Å²) < 4.78 is 47.7. The summed E-state index contributed by atoms with van der Waals surface area (Å²) in [6.45, 7) is 0.328. The van der Waals surface area contributed by atoms with E-state index in [0.717, 1.165) is 10.2 Å². The van der Waals surface area contributed by atoms with Gasteiger partial charge in [-0.05, 0) is 23.3 Å². The second kappa shape index (κ2) is 8.57. The van der Waals surface area contributed by atoms with E-state index in [4.69, 9.17) is 4.74 Å². The van der Waals surface area contributed by atoms with Crippen molar-refractivity contribution in [3.05, 3.63) is 77.5 Å². The average molecular weight is 444 g/mol. The number of alkyl halides is 3. The fourth-order valence-electron chi connectivity index (χ4n) is 3.91. The van der Waals surface area contributed by atoms with Crippen LogP contribution < -0.4 is 10.1 Å². The SMILES string of the molecule is COc1ccc([C@H]2C[C@H](C(F)(F)F)n3ncc(C(=O)N(C)Cc4ccccc4)c3N2)cc1. The summed E-state index contributed by atoms with van der Waals surface area (Å²) in [6.07, 6.45) is -3.54. The van der Waals surface area contributed by atoms with Crippen LogP contribution in [-0.4, -0.2) is 40.9 Å². The number of carbonyl (C=O) groups is 1. The number of methoxy groups -OCH3 is 1. The van der Waals surface area contributed by atoms with Crippen LogP contribution in [0.2, 0.25) is 0 Å². The molecule has 0 radical (unpaired) electrons. The highest BCUT2D eigenvalue weighted by atomic mass is 19.4. The second-order valence-electron chi connectivity index (χ2n) is 7.76. The number of anilines is 1. The van der Waals surface area contributed by atoms with Crippen LogP contribution in [-0.2, 0) is 6.54 Å². The molecule has 3 aromatic rings. The first-order valence-electron chi connectivity index (χ1n) is 10.1. The molecule has 4 rings (SSSR count). The third-order valence-corrected chi connectivity index (χ3v) is 5.60. The highest BCUT2D eigenvalue weighted by Crippen LogP contribution is 2.44. The van der Waals surface area contributed by atoms with Crippen LogP contribution in [0.5, 0.6) is 5.75 Å². The number of hydrogen-bond donors (Lipinski definition) is 1. The molecule has 168 valence electrons. The largest absolute Gasteiger partial charge is 0.497 e. The van der Waals surface area contributed by atoms with E-state index in [1.165, 1.54) is 18.2 Å². The molecule has 0 saturated carbocycles. The molecule has 1 aliphatic rings. The van der Waals surface area contributed by atoms with Crippen molar-refractivity contribution in [2.24, 2.45) is 0 Å². The number of carbonyl (C=O) groups excluding carboxylic acids is 1. The Balaban J connectivity index is 1.65. The van der Waals surface area contributed by atoms with Crippen molar-refractivity contribution in [3.8, 4) is 5.75 Å². The fourth-order valence-corrected chi connectivity index (χ4v) is 3.91. The van der Waals surface area contributed by atoms with E-state index in [1.807, 2.05) is 30.3 Å². The Kier molecular flexibility index (Phi) is 5.82. The lowest BCUT2D eigenvalue weighted by Crippen LogP contribution is -2.36. The smallest absolute Gasteiger partial charge is 0.410 e. The standard InChI is InChI=1S/C23H23F3N4O2/c1-29(14-15-6-4-3-5-7-15)22(31)18-13-27-30-20(23(24,25)26)12-19(28-21(18)30)16-8-10-17(32-2)11-9-16/h3-11,13,19-20,28H,12,14H2,1-2H3/t19-,20-/m1/s1. The highest BCUT2D eigenvalue weighted by Gasteiger charge is 2.47. The maximum absolute atomic E-state index is 13.9. The van der Waals surface area contributed by atoms with Crippen molar-refractivity contribution in [1.29, 1.82) is 0 Å². The molecule has 2 heterocycles. The van der Waals surface area contributed by atoms with Gasteiger partial charge in [0.05, 0.1) is 19.3 Å². The molecule has 1 N–H and O–H groups in total. The van der Waals surface area contributed by atoms with E-state index in [1.54, 1.807) is 31.3 Å². The molecule has 1 aromatic heterocycles. The minimum atomic E-state index is -4.51. The number of nitrogens with zero attached hydrogens (tertiary/aromatic N) is 3. The van der Waals surface area contributed by atoms with Crippen molar-refractivity contribution >= 4 is 11.7 Å². The summed E-state index contributed by atoms with van der Waals surface area (Å²) in [4.78, 5) is 14.6. The van der Waals surface area contributed by atoms with Crippen LogP contribution in [0, 0.1) is 0 Å². The molecule has 1 amide bonds. The first-order valence-corrected chi connectivity index (χ1v) is 10.1. The third kappa shape index (κ3) is 4.28. The van der Waals surface area contributed by atoms with Gasteiger partial charge in [0.25, 0.3) is 5.91 Å². The molecule has 0 saturated heterocycles. The lowest BCUT2D eigenvalue weighted by atomic mass is 9.96. The van der Waals surface area contributed by atoms with Gasteiger partial charge in [0.15, 0.2) is 6.04 Å². The fraction of sp³-hybridized carbons (Fsp3) is 0.304. The maximum atomic E-state index is 13.9. The zero-order valence-electron chi connectivity index (χ0n) is 17.6. The van der Waals surface area contributed by atoms with Crippen molar-refractivity contribution in [2.45, 2.75) is 31.2 Å². The van der Waals surface area contributed by atoms with Gasteiger partial charge in [-0.3, -0.25) is 4.79 Å². The van der Waals surface area contributed by atoms with Gasteiger partial charge < -0.3 is 15.0 Å². The van der Waals surface area contributed by atoms with Gasteiger partial charge in [-0.15, -0.1) is 0 Å². The summed E-state index contributed by atoms with van der Waals surface area (Å²) in [7, 11) is 3.14. The number of aromatic nitrogens is 2. The van der Waals surface area contributed by atoms with Crippen molar-refractivity contribution in [2.75, 3.05) is 19.5 Å². The third-order valence-electron chi connectivity index (χ3n) is 5.60. The van der Waals surface area contributed by atoms with Crippen molar-refractivity contribution in [3.63, 3.8) is 0 Å². The van der Waals surface area contributed by atoms with Crippen LogP contribution in [0.25, 0.3) is 0 Å². The number of nitrogens with one attached hydrogen (secondary N) is 1. The van der Waals surface area contributed by atoms with Crippen molar-refractivity contribution < 1.29 is 22.7 Å². The van der Waals surface area contributed by atoms with E-state index < -0.39 is 24.2 Å². The highest BCUT2D eigenvalue weighted by molar-refractivity contribution is 5.98. The Labute approximate surface area is 183 Å². The molecule has 1 aliphatic heterocycles. The van der Waals surface area contributed by atoms with E-state index >= 15 is 0 Å². The number of amides is 1. The monoisotopic (exact) mass is 444 g/mol. The van der Waals surface area contributed by atoms with E-state index in [0.29, 0.717) is 17.9 Å². The average Bonchev–Trinajstić information content (AvgIpc) is 3.21. The topological polar surface area (TPSA) is 59.4 Å². The van der Waals surface area contributed by atoms with Gasteiger partial charge in [0.1, 0.15) is 17.1 Å². The normalized spacial score (nSPS) is 17.9. The lowest BCUT2D eigenvalue weighted by molar-refractivity contribution is -0.173. The van der Waals surface area contributed by atoms with Gasteiger partial charge in [-0.25, -0.2) is 4.68 Å². The molecule has 0 aliphatic carbocycles. The molecule has 6 nitrogen and oxygen atoms in total. The van der Waals surface area contributed by atoms with Crippen LogP contribution >= 0.6 is 0 Å². The predicted molar refractivity (Wildman–Crippen MR) is 114 cm³/mol. The molecular weight excluding hydrogens is 421 g/mol. The Morgan fingerprint density at radius 1 is 1.19 bits per heavy atom. The molecular formula is C23H23F3N4O2. The minimum absolute atomic E-state index is 0.0734. The quantitative estimate of drug-likeness (QED) is 0.613. The molecule has 0 unspecified atom stereocenters. The number of fused-ring (bicyclic) bond motifs is 1. The Bertz CT molecular complexity index is 1080. The van der Waals surface area contributed by atoms with Crippen LogP contribution in [0.1, 0.15) is 40.0 Å². The van der Waals surface area contributed by atoms with E-state index in [2.05, 4.69) is 10.4 Å². The molecule has 32 heavy (non-hydrogen) atoms. The number of rotatable bonds is 5. The van der Waals surface area contributed by atoms with Gasteiger partial charge in [-0.2, -0.15) is 18.3 Å². The van der Waals surface area contributed by atoms with E-state index in [-0.39, 0.29) is 17.8 Å². The minimum Gasteiger partial charge on any atom is -0.497 e. The summed E-state index contributed by atoms with van der Waals surface area (Å²) in [5.41, 5.74) is 1.70. The summed E-state index contributed by atoms with van der Waals surface area (Å²) >= 11 is 0. The number of halogens is 3. The zero-order valence-corrected chi connectivity index (χ0v) is 17.6. The van der Waals surface area contributed by atoms with Crippen molar-refractivity contribution in [1.82, 2.24) is 14.7 Å². The van der Waals surface area contributed by atoms with E-state index in [9.17, 15) is 18.0 Å². The van der Waals surface area contributed by atoms with Gasteiger partial charge in [0, 0.05) is 20.0 Å². The van der Waals surface area contributed by atoms with Crippen LogP contribution in [0.3, 0.4) is 0 Å². The number of hydrogen-bond acceptors (Lipinski definition) is 4. The first kappa shape index (κ1) is 21.7. The maximum Gasteiger partial charge on any atom is 0.410 e. The first-order chi connectivity index (χ1) is 15.3. The molecule has 0 bridgehead atoms. The molecule has 2 aromatic carbocycles. The Hall–Kier alpha value is -3.49. The molecule has 0 spiro atoms. The Morgan fingerprint density at radius 3 is 2.50 bits per heavy atom. The van der Waals surface area contributed by atoms with Gasteiger partial charge in [0.2, 0.25) is 0 Å². The number of benzene rings is 2. The summed E-state index contributed by atoms with van der Waals surface area (Å²) in [5, 5.41) is 7.05. The van der Waals surface area contributed by atoms with Crippen LogP contribution in [0.15, 0.2) is 60.8 Å². The zero-order chi connectivity index (χ0) is 22.9. The molecule has 2 atom stereocenters. The molecule has 0 fully saturated rings. The predicted octanol–water partition coefficient (Wildman–Crippen LogP) is 4.82.